The van der Waals surface area contributed by atoms with Crippen LogP contribution in [-0.2, 0) is 20.1 Å². The van der Waals surface area contributed by atoms with Crippen LogP contribution in [0.4, 0.5) is 0 Å². The Bertz CT molecular complexity index is 748. The van der Waals surface area contributed by atoms with Gasteiger partial charge >= 0.3 is 0 Å². The van der Waals surface area contributed by atoms with E-state index in [1.165, 1.54) is 18.4 Å². The minimum Gasteiger partial charge on any atom is -0.356 e. The molecule has 0 radical (unpaired) electrons. The van der Waals surface area contributed by atoms with Gasteiger partial charge in [-0.05, 0) is 49.5 Å². The van der Waals surface area contributed by atoms with Crippen molar-refractivity contribution in [3.63, 3.8) is 0 Å². The normalized spacial score (nSPS) is 16.5. The third kappa shape index (κ3) is 5.71. The molecule has 0 bridgehead atoms. The predicted molar refractivity (Wildman–Crippen MR) is 111 cm³/mol. The first-order chi connectivity index (χ1) is 13.2. The Morgan fingerprint density at radius 3 is 2.67 bits per heavy atom. The lowest BCUT2D eigenvalue weighted by Gasteiger charge is -2.32. The van der Waals surface area contributed by atoms with Crippen molar-refractivity contribution in [2.45, 2.75) is 25.9 Å². The molecule has 0 atom stereocenters. The van der Waals surface area contributed by atoms with Crippen LogP contribution < -0.4 is 10.6 Å². The summed E-state index contributed by atoms with van der Waals surface area (Å²) >= 11 is 6.29. The first kappa shape index (κ1) is 19.7. The number of hydrogen-bond donors (Lipinski definition) is 2. The monoisotopic (exact) mass is 388 g/mol. The predicted octanol–water partition coefficient (Wildman–Crippen LogP) is 2.65. The van der Waals surface area contributed by atoms with E-state index in [0.29, 0.717) is 12.5 Å². The van der Waals surface area contributed by atoms with E-state index in [2.05, 4.69) is 37.8 Å². The molecular formula is C20H29ClN6. The quantitative estimate of drug-likeness (QED) is 0.590. The van der Waals surface area contributed by atoms with Crippen molar-refractivity contribution in [2.75, 3.05) is 26.7 Å². The summed E-state index contributed by atoms with van der Waals surface area (Å²) in [5, 5.41) is 11.9. The Hall–Kier alpha value is -2.05. The number of piperidine rings is 1. The van der Waals surface area contributed by atoms with Gasteiger partial charge in [0, 0.05) is 38.4 Å². The third-order valence-corrected chi connectivity index (χ3v) is 5.57. The van der Waals surface area contributed by atoms with Crippen molar-refractivity contribution < 1.29 is 0 Å². The van der Waals surface area contributed by atoms with Gasteiger partial charge in [0.05, 0.1) is 12.2 Å². The molecule has 6 nitrogen and oxygen atoms in total. The molecule has 27 heavy (non-hydrogen) atoms. The van der Waals surface area contributed by atoms with Crippen LogP contribution >= 0.6 is 11.6 Å². The minimum atomic E-state index is 0.669. The minimum absolute atomic E-state index is 0.669. The SMILES string of the molecule is CN=C(NCc1ccnn1C)NCC1CCN(Cc2ccccc2Cl)CC1. The highest BCUT2D eigenvalue weighted by Crippen LogP contribution is 2.21. The molecule has 7 heteroatoms. The number of aryl methyl sites for hydroxylation is 1. The third-order valence-electron chi connectivity index (χ3n) is 5.20. The number of nitrogens with one attached hydrogen (secondary N) is 2. The fourth-order valence-electron chi connectivity index (χ4n) is 3.43. The highest BCUT2D eigenvalue weighted by molar-refractivity contribution is 6.31. The molecular weight excluding hydrogens is 360 g/mol. The van der Waals surface area contributed by atoms with E-state index in [0.717, 1.165) is 42.9 Å². The molecule has 2 N–H and O–H groups in total. The zero-order valence-electron chi connectivity index (χ0n) is 16.2. The highest BCUT2D eigenvalue weighted by atomic mass is 35.5. The fraction of sp³-hybridized carbons (Fsp3) is 0.500. The number of aromatic nitrogens is 2. The molecule has 1 aliphatic heterocycles. The largest absolute Gasteiger partial charge is 0.356 e. The lowest BCUT2D eigenvalue weighted by atomic mass is 9.96. The second kappa shape index (κ2) is 9.76. The van der Waals surface area contributed by atoms with Crippen molar-refractivity contribution in [3.8, 4) is 0 Å². The van der Waals surface area contributed by atoms with Gasteiger partial charge in [-0.2, -0.15) is 5.10 Å². The molecule has 1 saturated heterocycles. The number of benzene rings is 1. The number of halogens is 1. The maximum Gasteiger partial charge on any atom is 0.191 e. The molecule has 3 rings (SSSR count). The number of likely N-dealkylation sites (tertiary alicyclic amines) is 1. The van der Waals surface area contributed by atoms with Crippen LogP contribution in [0.1, 0.15) is 24.1 Å². The van der Waals surface area contributed by atoms with Crippen LogP contribution in [0.15, 0.2) is 41.5 Å². The van der Waals surface area contributed by atoms with Crippen molar-refractivity contribution in [1.29, 1.82) is 0 Å². The number of guanidine groups is 1. The second-order valence-corrected chi connectivity index (χ2v) is 7.47. The zero-order chi connectivity index (χ0) is 19.1. The summed E-state index contributed by atoms with van der Waals surface area (Å²) in [7, 11) is 3.76. The molecule has 1 aliphatic rings. The van der Waals surface area contributed by atoms with Gasteiger partial charge in [0.2, 0.25) is 0 Å². The Kier molecular flexibility index (Phi) is 7.12. The van der Waals surface area contributed by atoms with Gasteiger partial charge in [-0.1, -0.05) is 29.8 Å². The van der Waals surface area contributed by atoms with Crippen molar-refractivity contribution in [1.82, 2.24) is 25.3 Å². The fourth-order valence-corrected chi connectivity index (χ4v) is 3.62. The molecule has 0 spiro atoms. The number of rotatable bonds is 6. The van der Waals surface area contributed by atoms with Gasteiger partial charge in [0.25, 0.3) is 0 Å². The van der Waals surface area contributed by atoms with E-state index >= 15 is 0 Å². The summed E-state index contributed by atoms with van der Waals surface area (Å²) in [6.07, 6.45) is 4.19. The van der Waals surface area contributed by atoms with Crippen LogP contribution in [0.25, 0.3) is 0 Å². The van der Waals surface area contributed by atoms with Gasteiger partial charge in [0.1, 0.15) is 0 Å². The second-order valence-electron chi connectivity index (χ2n) is 7.06. The lowest BCUT2D eigenvalue weighted by Crippen LogP contribution is -2.42. The zero-order valence-corrected chi connectivity index (χ0v) is 16.9. The number of nitrogens with zero attached hydrogens (tertiary/aromatic N) is 4. The lowest BCUT2D eigenvalue weighted by molar-refractivity contribution is 0.178. The molecule has 0 saturated carbocycles. The molecule has 0 unspecified atom stereocenters. The number of hydrogen-bond acceptors (Lipinski definition) is 3. The first-order valence-electron chi connectivity index (χ1n) is 9.53. The summed E-state index contributed by atoms with van der Waals surface area (Å²) in [5.74, 6) is 1.51. The van der Waals surface area contributed by atoms with E-state index in [4.69, 9.17) is 11.6 Å². The summed E-state index contributed by atoms with van der Waals surface area (Å²) in [6.45, 7) is 4.82. The molecule has 1 aromatic heterocycles. The molecule has 146 valence electrons. The first-order valence-corrected chi connectivity index (χ1v) is 9.90. The average molecular weight is 389 g/mol. The maximum atomic E-state index is 6.29. The summed E-state index contributed by atoms with van der Waals surface area (Å²) in [5.41, 5.74) is 2.35. The van der Waals surface area contributed by atoms with Crippen LogP contribution in [0.5, 0.6) is 0 Å². The Labute approximate surface area is 166 Å². The average Bonchev–Trinajstić information content (AvgIpc) is 3.10. The van der Waals surface area contributed by atoms with E-state index in [1.54, 1.807) is 0 Å². The molecule has 0 amide bonds. The van der Waals surface area contributed by atoms with Gasteiger partial charge in [0.15, 0.2) is 5.96 Å². The van der Waals surface area contributed by atoms with Crippen molar-refractivity contribution >= 4 is 17.6 Å². The van der Waals surface area contributed by atoms with E-state index in [9.17, 15) is 0 Å². The van der Waals surface area contributed by atoms with Gasteiger partial charge in [-0.25, -0.2) is 0 Å². The Balaban J connectivity index is 1.38. The number of aliphatic imine (C=N–C) groups is 1. The summed E-state index contributed by atoms with van der Waals surface area (Å²) in [6, 6.07) is 10.1. The standard InChI is InChI=1S/C20H29ClN6/c1-22-20(24-14-18-7-10-25-26(18)2)23-13-16-8-11-27(12-9-16)15-17-5-3-4-6-19(17)21/h3-7,10,16H,8-9,11-15H2,1-2H3,(H2,22,23,24). The maximum absolute atomic E-state index is 6.29. The van der Waals surface area contributed by atoms with Crippen molar-refractivity contribution in [3.05, 3.63) is 52.8 Å². The van der Waals surface area contributed by atoms with Crippen LogP contribution in [0, 0.1) is 5.92 Å². The van der Waals surface area contributed by atoms with Gasteiger partial charge in [-0.3, -0.25) is 14.6 Å². The van der Waals surface area contributed by atoms with Crippen LogP contribution in [0.2, 0.25) is 5.02 Å². The Morgan fingerprint density at radius 2 is 2.00 bits per heavy atom. The van der Waals surface area contributed by atoms with E-state index < -0.39 is 0 Å². The van der Waals surface area contributed by atoms with Crippen molar-refractivity contribution in [2.24, 2.45) is 18.0 Å². The summed E-state index contributed by atoms with van der Waals surface area (Å²) < 4.78 is 1.87. The van der Waals surface area contributed by atoms with E-state index in [1.807, 2.05) is 43.2 Å². The summed E-state index contributed by atoms with van der Waals surface area (Å²) in [4.78, 5) is 6.81. The highest BCUT2D eigenvalue weighted by Gasteiger charge is 2.20. The van der Waals surface area contributed by atoms with Crippen LogP contribution in [0.3, 0.4) is 0 Å². The molecule has 2 aromatic rings. The molecule has 1 fully saturated rings. The molecule has 1 aromatic carbocycles. The van der Waals surface area contributed by atoms with Gasteiger partial charge < -0.3 is 10.6 Å². The molecule has 2 heterocycles. The van der Waals surface area contributed by atoms with Crippen LogP contribution in [-0.4, -0.2) is 47.3 Å². The topological polar surface area (TPSA) is 57.5 Å². The molecule has 0 aliphatic carbocycles. The Morgan fingerprint density at radius 1 is 1.22 bits per heavy atom. The van der Waals surface area contributed by atoms with E-state index in [-0.39, 0.29) is 0 Å². The smallest absolute Gasteiger partial charge is 0.191 e. The van der Waals surface area contributed by atoms with Gasteiger partial charge in [-0.15, -0.1) is 0 Å².